The summed E-state index contributed by atoms with van der Waals surface area (Å²) in [5.41, 5.74) is 1.39. The summed E-state index contributed by atoms with van der Waals surface area (Å²) in [6.07, 6.45) is 5.18. The Labute approximate surface area is 100 Å². The van der Waals surface area contributed by atoms with Crippen molar-refractivity contribution in [1.82, 2.24) is 5.32 Å². The van der Waals surface area contributed by atoms with E-state index in [-0.39, 0.29) is 5.97 Å². The van der Waals surface area contributed by atoms with Gasteiger partial charge in [-0.1, -0.05) is 18.2 Å². The lowest BCUT2D eigenvalue weighted by Crippen LogP contribution is -2.28. The predicted molar refractivity (Wildman–Crippen MR) is 65.9 cm³/mol. The number of hydrogen-bond donors (Lipinski definition) is 1. The van der Waals surface area contributed by atoms with Crippen LogP contribution in [0.3, 0.4) is 0 Å². The summed E-state index contributed by atoms with van der Waals surface area (Å²) in [6, 6.07) is 9.65. The fourth-order valence-corrected chi connectivity index (χ4v) is 1.57. The zero-order valence-electron chi connectivity index (χ0n) is 9.59. The second kappa shape index (κ2) is 5.21. The van der Waals surface area contributed by atoms with E-state index in [1.807, 2.05) is 30.3 Å². The van der Waals surface area contributed by atoms with Gasteiger partial charge < -0.3 is 15.0 Å². The van der Waals surface area contributed by atoms with Gasteiger partial charge in [-0.05, 0) is 19.1 Å². The Bertz CT molecular complexity index is 452. The number of nitrogens with one attached hydrogen (secondary N) is 1. The molecule has 0 radical (unpaired) electrons. The highest BCUT2D eigenvalue weighted by atomic mass is 16.5. The third-order valence-corrected chi connectivity index (χ3v) is 2.32. The average molecular weight is 230 g/mol. The normalized spacial score (nSPS) is 13.9. The van der Waals surface area contributed by atoms with Crippen molar-refractivity contribution in [1.29, 1.82) is 0 Å². The van der Waals surface area contributed by atoms with Crippen molar-refractivity contribution >= 4 is 11.7 Å². The molecule has 2 rings (SSSR count). The van der Waals surface area contributed by atoms with Gasteiger partial charge in [0.1, 0.15) is 5.70 Å². The molecule has 4 nitrogen and oxygen atoms in total. The number of esters is 1. The second-order valence-electron chi connectivity index (χ2n) is 3.44. The molecule has 0 aliphatic carbocycles. The summed E-state index contributed by atoms with van der Waals surface area (Å²) in [4.78, 5) is 13.6. The second-order valence-corrected chi connectivity index (χ2v) is 3.44. The minimum absolute atomic E-state index is 0.340. The summed E-state index contributed by atoms with van der Waals surface area (Å²) in [6.45, 7) is 2.15. The molecule has 1 heterocycles. The topological polar surface area (TPSA) is 41.6 Å². The molecule has 17 heavy (non-hydrogen) atoms. The van der Waals surface area contributed by atoms with Crippen LogP contribution < -0.4 is 10.2 Å². The third-order valence-electron chi connectivity index (χ3n) is 2.32. The van der Waals surface area contributed by atoms with Crippen LogP contribution in [0.15, 0.2) is 54.6 Å². The molecular formula is C13H14N2O2. The van der Waals surface area contributed by atoms with Crippen LogP contribution in [-0.2, 0) is 9.53 Å². The molecule has 0 amide bonds. The maximum absolute atomic E-state index is 11.8. The minimum Gasteiger partial charge on any atom is -0.461 e. The molecule has 0 aromatic heterocycles. The van der Waals surface area contributed by atoms with Gasteiger partial charge in [0.15, 0.2) is 0 Å². The quantitative estimate of drug-likeness (QED) is 0.806. The largest absolute Gasteiger partial charge is 0.461 e. The first-order valence-electron chi connectivity index (χ1n) is 5.47. The summed E-state index contributed by atoms with van der Waals surface area (Å²) < 4.78 is 5.01. The first kappa shape index (κ1) is 11.3. The lowest BCUT2D eigenvalue weighted by Gasteiger charge is -2.24. The fraction of sp³-hybridized carbons (Fsp3) is 0.154. The van der Waals surface area contributed by atoms with E-state index < -0.39 is 0 Å². The highest BCUT2D eigenvalue weighted by Crippen LogP contribution is 2.21. The maximum Gasteiger partial charge on any atom is 0.356 e. The lowest BCUT2D eigenvalue weighted by molar-refractivity contribution is -0.138. The van der Waals surface area contributed by atoms with Gasteiger partial charge in [0.25, 0.3) is 0 Å². The number of anilines is 1. The van der Waals surface area contributed by atoms with Crippen LogP contribution in [0, 0.1) is 0 Å². The molecule has 0 atom stereocenters. The molecule has 0 saturated heterocycles. The van der Waals surface area contributed by atoms with E-state index in [1.54, 1.807) is 30.4 Å². The van der Waals surface area contributed by atoms with Crippen molar-refractivity contribution in [2.24, 2.45) is 0 Å². The Kier molecular flexibility index (Phi) is 3.45. The van der Waals surface area contributed by atoms with Crippen LogP contribution in [0.4, 0.5) is 5.69 Å². The van der Waals surface area contributed by atoms with Crippen molar-refractivity contribution in [2.75, 3.05) is 11.5 Å². The van der Waals surface area contributed by atoms with Crippen LogP contribution in [0.5, 0.6) is 0 Å². The molecule has 0 unspecified atom stereocenters. The van der Waals surface area contributed by atoms with Crippen molar-refractivity contribution < 1.29 is 9.53 Å². The van der Waals surface area contributed by atoms with E-state index in [1.165, 1.54) is 0 Å². The summed E-state index contributed by atoms with van der Waals surface area (Å²) in [7, 11) is 0. The molecule has 1 N–H and O–H groups in total. The molecule has 0 spiro atoms. The smallest absolute Gasteiger partial charge is 0.356 e. The molecule has 4 heteroatoms. The maximum atomic E-state index is 11.8. The summed E-state index contributed by atoms with van der Waals surface area (Å²) in [5.74, 6) is -0.340. The zero-order valence-corrected chi connectivity index (χ0v) is 9.59. The number of rotatable bonds is 3. The van der Waals surface area contributed by atoms with E-state index in [0.29, 0.717) is 12.3 Å². The van der Waals surface area contributed by atoms with Crippen molar-refractivity contribution in [3.8, 4) is 0 Å². The summed E-state index contributed by atoms with van der Waals surface area (Å²) >= 11 is 0. The molecule has 1 aromatic carbocycles. The SMILES string of the molecule is CCOC(=O)C1=CNC=CN1c1ccccc1. The highest BCUT2D eigenvalue weighted by Gasteiger charge is 2.20. The van der Waals surface area contributed by atoms with E-state index in [2.05, 4.69) is 5.32 Å². The minimum atomic E-state index is -0.340. The third kappa shape index (κ3) is 2.47. The standard InChI is InChI=1S/C13H14N2O2/c1-2-17-13(16)12-10-14-8-9-15(12)11-6-4-3-5-7-11/h3-10,14H,2H2,1H3. The van der Waals surface area contributed by atoms with Gasteiger partial charge in [0, 0.05) is 24.3 Å². The Hall–Kier alpha value is -2.23. The van der Waals surface area contributed by atoms with Gasteiger partial charge in [-0.2, -0.15) is 0 Å². The zero-order chi connectivity index (χ0) is 12.1. The molecule has 1 aliphatic heterocycles. The summed E-state index contributed by atoms with van der Waals surface area (Å²) in [5, 5.41) is 2.89. The van der Waals surface area contributed by atoms with Crippen molar-refractivity contribution in [3.63, 3.8) is 0 Å². The van der Waals surface area contributed by atoms with Crippen LogP contribution in [0.2, 0.25) is 0 Å². The number of carbonyl (C=O) groups is 1. The van der Waals surface area contributed by atoms with Crippen LogP contribution in [-0.4, -0.2) is 12.6 Å². The highest BCUT2D eigenvalue weighted by molar-refractivity contribution is 5.93. The fourth-order valence-electron chi connectivity index (χ4n) is 1.57. The molecule has 0 bridgehead atoms. The van der Waals surface area contributed by atoms with Crippen molar-refractivity contribution in [2.45, 2.75) is 6.92 Å². The number of benzene rings is 1. The molecule has 88 valence electrons. The number of ether oxygens (including phenoxy) is 1. The number of hydrogen-bond acceptors (Lipinski definition) is 4. The van der Waals surface area contributed by atoms with Gasteiger partial charge >= 0.3 is 5.97 Å². The first-order valence-corrected chi connectivity index (χ1v) is 5.47. The Morgan fingerprint density at radius 3 is 2.82 bits per heavy atom. The predicted octanol–water partition coefficient (Wildman–Crippen LogP) is 1.97. The molecular weight excluding hydrogens is 216 g/mol. The van der Waals surface area contributed by atoms with Gasteiger partial charge in [0.2, 0.25) is 0 Å². The number of nitrogens with zero attached hydrogens (tertiary/aromatic N) is 1. The number of carbonyl (C=O) groups excluding carboxylic acids is 1. The lowest BCUT2D eigenvalue weighted by atomic mass is 10.2. The van der Waals surface area contributed by atoms with Crippen LogP contribution in [0.25, 0.3) is 0 Å². The Morgan fingerprint density at radius 1 is 1.35 bits per heavy atom. The van der Waals surface area contributed by atoms with Crippen LogP contribution >= 0.6 is 0 Å². The van der Waals surface area contributed by atoms with Crippen molar-refractivity contribution in [3.05, 3.63) is 54.6 Å². The average Bonchev–Trinajstić information content (AvgIpc) is 2.40. The Morgan fingerprint density at radius 2 is 2.12 bits per heavy atom. The first-order chi connectivity index (χ1) is 8.33. The van der Waals surface area contributed by atoms with Gasteiger partial charge in [-0.3, -0.25) is 0 Å². The monoisotopic (exact) mass is 230 g/mol. The Balaban J connectivity index is 2.26. The van der Waals surface area contributed by atoms with E-state index >= 15 is 0 Å². The van der Waals surface area contributed by atoms with E-state index in [9.17, 15) is 4.79 Å². The van der Waals surface area contributed by atoms with E-state index in [4.69, 9.17) is 4.74 Å². The van der Waals surface area contributed by atoms with Crippen LogP contribution in [0.1, 0.15) is 6.92 Å². The van der Waals surface area contributed by atoms with Gasteiger partial charge in [-0.25, -0.2) is 4.79 Å². The molecule has 1 aromatic rings. The molecule has 0 fully saturated rings. The molecule has 1 aliphatic rings. The van der Waals surface area contributed by atoms with E-state index in [0.717, 1.165) is 5.69 Å². The van der Waals surface area contributed by atoms with Gasteiger partial charge in [-0.15, -0.1) is 0 Å². The number of para-hydroxylation sites is 1. The molecule has 0 saturated carbocycles. The van der Waals surface area contributed by atoms with Gasteiger partial charge in [0.05, 0.1) is 6.61 Å².